The summed E-state index contributed by atoms with van der Waals surface area (Å²) in [6.07, 6.45) is 0. The number of nitrogens with two attached hydrogens (primary N) is 1. The monoisotopic (exact) mass is 176 g/mol. The van der Waals surface area contributed by atoms with Crippen LogP contribution in [-0.4, -0.2) is 40.7 Å². The van der Waals surface area contributed by atoms with E-state index in [4.69, 9.17) is 23.1 Å². The molecule has 0 amide bonds. The highest BCUT2D eigenvalue weighted by Gasteiger charge is 2.12. The minimum Gasteiger partial charge on any atom is -0.395 e. The predicted molar refractivity (Wildman–Crippen MR) is 50.6 cm³/mol. The Morgan fingerprint density at radius 3 is 2.55 bits per heavy atom. The Morgan fingerprint density at radius 2 is 2.27 bits per heavy atom. The van der Waals surface area contributed by atoms with E-state index in [-0.39, 0.29) is 12.6 Å². The van der Waals surface area contributed by atoms with Crippen molar-refractivity contribution >= 4 is 17.2 Å². The van der Waals surface area contributed by atoms with Crippen molar-refractivity contribution in [3.8, 4) is 0 Å². The molecule has 0 bridgehead atoms. The fourth-order valence-corrected chi connectivity index (χ4v) is 1.08. The summed E-state index contributed by atoms with van der Waals surface area (Å²) in [5.74, 6) is 0. The molecular weight excluding hydrogens is 160 g/mol. The Morgan fingerprint density at radius 1 is 1.73 bits per heavy atom. The zero-order valence-corrected chi connectivity index (χ0v) is 7.90. The van der Waals surface area contributed by atoms with Crippen molar-refractivity contribution in [2.24, 2.45) is 5.73 Å². The Labute approximate surface area is 73.2 Å². The van der Waals surface area contributed by atoms with E-state index < -0.39 is 0 Å². The van der Waals surface area contributed by atoms with Crippen LogP contribution in [0.2, 0.25) is 0 Å². The number of aliphatic hydroxyl groups excluding tert-OH is 1. The second-order valence-corrected chi connectivity index (χ2v) is 2.90. The van der Waals surface area contributed by atoms with Crippen molar-refractivity contribution < 1.29 is 5.11 Å². The normalized spacial score (nSPS) is 13.5. The average Bonchev–Trinajstić information content (AvgIpc) is 1.98. The van der Waals surface area contributed by atoms with Gasteiger partial charge in [0.05, 0.1) is 17.6 Å². The highest BCUT2D eigenvalue weighted by atomic mass is 32.1. The number of nitrogens with zero attached hydrogens (tertiary/aromatic N) is 1. The van der Waals surface area contributed by atoms with Crippen LogP contribution < -0.4 is 5.73 Å². The number of likely N-dealkylation sites (N-methyl/N-ethyl adjacent to an activating group) is 1. The molecule has 0 fully saturated rings. The quantitative estimate of drug-likeness (QED) is 0.578. The van der Waals surface area contributed by atoms with E-state index in [2.05, 4.69) is 0 Å². The van der Waals surface area contributed by atoms with Crippen molar-refractivity contribution in [1.29, 1.82) is 0 Å². The highest BCUT2D eigenvalue weighted by molar-refractivity contribution is 7.80. The van der Waals surface area contributed by atoms with Gasteiger partial charge in [-0.25, -0.2) is 0 Å². The minimum absolute atomic E-state index is 0.0853. The van der Waals surface area contributed by atoms with E-state index in [1.54, 1.807) is 0 Å². The van der Waals surface area contributed by atoms with E-state index in [0.717, 1.165) is 6.54 Å². The van der Waals surface area contributed by atoms with Crippen molar-refractivity contribution in [3.05, 3.63) is 0 Å². The van der Waals surface area contributed by atoms with E-state index >= 15 is 0 Å². The largest absolute Gasteiger partial charge is 0.395 e. The molecule has 66 valence electrons. The molecule has 4 heteroatoms. The third-order valence-corrected chi connectivity index (χ3v) is 2.09. The summed E-state index contributed by atoms with van der Waals surface area (Å²) >= 11 is 4.83. The maximum absolute atomic E-state index is 8.67. The smallest absolute Gasteiger partial charge is 0.0899 e. The summed E-state index contributed by atoms with van der Waals surface area (Å²) in [6.45, 7) is 5.61. The lowest BCUT2D eigenvalue weighted by Gasteiger charge is -2.25. The standard InChI is InChI=1S/C7H16N2OS/c1-3-9(4-5-10)6(2)7(8)11/h6,10H,3-5H2,1-2H3,(H2,8,11). The molecule has 0 aliphatic rings. The number of hydrogen-bond acceptors (Lipinski definition) is 3. The van der Waals surface area contributed by atoms with Crippen LogP contribution in [0.25, 0.3) is 0 Å². The lowest BCUT2D eigenvalue weighted by Crippen LogP contribution is -2.42. The van der Waals surface area contributed by atoms with Gasteiger partial charge in [-0.2, -0.15) is 0 Å². The third-order valence-electron chi connectivity index (χ3n) is 1.75. The molecule has 0 aliphatic heterocycles. The maximum Gasteiger partial charge on any atom is 0.0899 e. The topological polar surface area (TPSA) is 49.5 Å². The zero-order chi connectivity index (χ0) is 8.85. The van der Waals surface area contributed by atoms with Crippen LogP contribution in [0.4, 0.5) is 0 Å². The van der Waals surface area contributed by atoms with Crippen LogP contribution in [0.15, 0.2) is 0 Å². The second kappa shape index (κ2) is 5.46. The van der Waals surface area contributed by atoms with Crippen LogP contribution in [0, 0.1) is 0 Å². The lowest BCUT2D eigenvalue weighted by atomic mass is 10.3. The molecule has 3 N–H and O–H groups in total. The molecule has 11 heavy (non-hydrogen) atoms. The molecule has 0 aromatic carbocycles. The molecule has 0 saturated heterocycles. The van der Waals surface area contributed by atoms with E-state index in [1.165, 1.54) is 0 Å². The highest BCUT2D eigenvalue weighted by Crippen LogP contribution is 1.97. The number of hydrogen-bond donors (Lipinski definition) is 2. The third kappa shape index (κ3) is 3.65. The molecular formula is C7H16N2OS. The fourth-order valence-electron chi connectivity index (χ4n) is 0.934. The molecule has 3 nitrogen and oxygen atoms in total. The van der Waals surface area contributed by atoms with Crippen molar-refractivity contribution in [2.75, 3.05) is 19.7 Å². The van der Waals surface area contributed by atoms with Gasteiger partial charge in [0, 0.05) is 6.54 Å². The first-order chi connectivity index (χ1) is 5.13. The summed E-state index contributed by atoms with van der Waals surface area (Å²) in [6, 6.07) is 0.0853. The molecule has 0 heterocycles. The summed E-state index contributed by atoms with van der Waals surface area (Å²) in [4.78, 5) is 2.52. The van der Waals surface area contributed by atoms with Gasteiger partial charge >= 0.3 is 0 Å². The molecule has 0 spiro atoms. The van der Waals surface area contributed by atoms with Gasteiger partial charge in [-0.3, -0.25) is 4.90 Å². The van der Waals surface area contributed by atoms with Crippen molar-refractivity contribution in [2.45, 2.75) is 19.9 Å². The van der Waals surface area contributed by atoms with Crippen LogP contribution >= 0.6 is 12.2 Å². The van der Waals surface area contributed by atoms with Gasteiger partial charge in [-0.15, -0.1) is 0 Å². The Hall–Kier alpha value is -0.190. The van der Waals surface area contributed by atoms with Gasteiger partial charge in [0.2, 0.25) is 0 Å². The molecule has 0 saturated carbocycles. The molecule has 1 atom stereocenters. The second-order valence-electron chi connectivity index (χ2n) is 2.43. The average molecular weight is 176 g/mol. The van der Waals surface area contributed by atoms with Crippen LogP contribution in [-0.2, 0) is 0 Å². The van der Waals surface area contributed by atoms with Gasteiger partial charge < -0.3 is 10.8 Å². The van der Waals surface area contributed by atoms with Crippen LogP contribution in [0.5, 0.6) is 0 Å². The van der Waals surface area contributed by atoms with Crippen molar-refractivity contribution in [1.82, 2.24) is 4.90 Å². The van der Waals surface area contributed by atoms with Crippen LogP contribution in [0.3, 0.4) is 0 Å². The van der Waals surface area contributed by atoms with E-state index in [1.807, 2.05) is 18.7 Å². The van der Waals surface area contributed by atoms with Gasteiger partial charge in [0.25, 0.3) is 0 Å². The van der Waals surface area contributed by atoms with Gasteiger partial charge in [-0.05, 0) is 13.5 Å². The molecule has 0 aliphatic carbocycles. The molecule has 0 aromatic heterocycles. The fraction of sp³-hybridized carbons (Fsp3) is 0.857. The van der Waals surface area contributed by atoms with E-state index in [0.29, 0.717) is 11.5 Å². The predicted octanol–water partition coefficient (Wildman–Crippen LogP) is -0.0248. The summed E-state index contributed by atoms with van der Waals surface area (Å²) in [7, 11) is 0. The van der Waals surface area contributed by atoms with Gasteiger partial charge in [-0.1, -0.05) is 19.1 Å². The SMILES string of the molecule is CCN(CCO)C(C)C(N)=S. The van der Waals surface area contributed by atoms with E-state index in [9.17, 15) is 0 Å². The van der Waals surface area contributed by atoms with Crippen LogP contribution in [0.1, 0.15) is 13.8 Å². The first-order valence-corrected chi connectivity index (χ1v) is 4.18. The van der Waals surface area contributed by atoms with Crippen molar-refractivity contribution in [3.63, 3.8) is 0 Å². The van der Waals surface area contributed by atoms with Gasteiger partial charge in [0.15, 0.2) is 0 Å². The summed E-state index contributed by atoms with van der Waals surface area (Å²) < 4.78 is 0. The number of thiocarbonyl (C=S) groups is 1. The number of aliphatic hydroxyl groups is 1. The number of rotatable bonds is 5. The molecule has 0 aromatic rings. The summed E-state index contributed by atoms with van der Waals surface area (Å²) in [5.41, 5.74) is 5.45. The molecule has 0 radical (unpaired) electrons. The Kier molecular flexibility index (Phi) is 5.36. The van der Waals surface area contributed by atoms with Gasteiger partial charge in [0.1, 0.15) is 0 Å². The first-order valence-electron chi connectivity index (χ1n) is 3.77. The Balaban J connectivity index is 3.91. The molecule has 0 rings (SSSR count). The summed E-state index contributed by atoms with van der Waals surface area (Å²) in [5, 5.41) is 8.67. The molecule has 1 unspecified atom stereocenters. The lowest BCUT2D eigenvalue weighted by molar-refractivity contribution is 0.191. The zero-order valence-electron chi connectivity index (χ0n) is 7.08. The minimum atomic E-state index is 0.0853. The first kappa shape index (κ1) is 10.8. The maximum atomic E-state index is 8.67. The Bertz CT molecular complexity index is 130.